The van der Waals surface area contributed by atoms with Crippen molar-refractivity contribution in [3.05, 3.63) is 54.1 Å². The molecule has 5 heteroatoms. The number of rotatable bonds is 3. The van der Waals surface area contributed by atoms with E-state index < -0.39 is 0 Å². The summed E-state index contributed by atoms with van der Waals surface area (Å²) >= 11 is 0. The van der Waals surface area contributed by atoms with Crippen molar-refractivity contribution >= 4 is 23.1 Å². The van der Waals surface area contributed by atoms with Crippen LogP contribution in [0.15, 0.2) is 48.5 Å². The Kier molecular flexibility index (Phi) is 5.82. The van der Waals surface area contributed by atoms with E-state index in [0.717, 1.165) is 31.9 Å². The molecule has 0 atom stereocenters. The summed E-state index contributed by atoms with van der Waals surface area (Å²) in [5.41, 5.74) is 4.63. The number of carbonyl (C=O) groups is 1. The summed E-state index contributed by atoms with van der Waals surface area (Å²) in [6.45, 7) is 9.70. The molecule has 1 aliphatic rings. The highest BCUT2D eigenvalue weighted by molar-refractivity contribution is 5.89. The van der Waals surface area contributed by atoms with Gasteiger partial charge in [0.25, 0.3) is 0 Å². The highest BCUT2D eigenvalue weighted by Gasteiger charge is 2.21. The summed E-state index contributed by atoms with van der Waals surface area (Å²) in [7, 11) is 4.09. The van der Waals surface area contributed by atoms with Crippen LogP contribution in [0.2, 0.25) is 0 Å². The van der Waals surface area contributed by atoms with Crippen molar-refractivity contribution in [2.45, 2.75) is 26.2 Å². The Balaban J connectivity index is 1.53. The number of urea groups is 1. The molecular weight excluding hydrogens is 348 g/mol. The van der Waals surface area contributed by atoms with Crippen LogP contribution in [0.4, 0.5) is 21.9 Å². The van der Waals surface area contributed by atoms with Gasteiger partial charge in [0.15, 0.2) is 0 Å². The van der Waals surface area contributed by atoms with Crippen LogP contribution in [0.1, 0.15) is 26.3 Å². The van der Waals surface area contributed by atoms with Gasteiger partial charge in [0.2, 0.25) is 0 Å². The molecule has 5 nitrogen and oxygen atoms in total. The average molecular weight is 381 g/mol. The molecule has 2 amide bonds. The average Bonchev–Trinajstić information content (AvgIpc) is 2.68. The number of hydrogen-bond acceptors (Lipinski definition) is 3. The van der Waals surface area contributed by atoms with Gasteiger partial charge in [-0.15, -0.1) is 0 Å². The third-order valence-corrected chi connectivity index (χ3v) is 5.30. The van der Waals surface area contributed by atoms with Crippen molar-refractivity contribution in [3.63, 3.8) is 0 Å². The van der Waals surface area contributed by atoms with E-state index >= 15 is 0 Å². The van der Waals surface area contributed by atoms with Crippen LogP contribution in [0, 0.1) is 0 Å². The number of nitrogens with zero attached hydrogens (tertiary/aromatic N) is 3. The minimum atomic E-state index is -0.0221. The zero-order valence-corrected chi connectivity index (χ0v) is 17.7. The van der Waals surface area contributed by atoms with Gasteiger partial charge < -0.3 is 20.0 Å². The first-order chi connectivity index (χ1) is 13.2. The molecule has 1 saturated heterocycles. The Morgan fingerprint density at radius 2 is 1.46 bits per heavy atom. The van der Waals surface area contributed by atoms with E-state index in [-0.39, 0.29) is 11.4 Å². The van der Waals surface area contributed by atoms with E-state index in [9.17, 15) is 4.79 Å². The number of benzene rings is 2. The molecular formula is C23H32N4O. The predicted molar refractivity (Wildman–Crippen MR) is 119 cm³/mol. The highest BCUT2D eigenvalue weighted by atomic mass is 16.2. The van der Waals surface area contributed by atoms with Gasteiger partial charge in [-0.25, -0.2) is 4.79 Å². The fourth-order valence-corrected chi connectivity index (χ4v) is 3.39. The minimum Gasteiger partial charge on any atom is -0.378 e. The van der Waals surface area contributed by atoms with Gasteiger partial charge >= 0.3 is 6.03 Å². The van der Waals surface area contributed by atoms with Crippen LogP contribution in [0.25, 0.3) is 0 Å². The smallest absolute Gasteiger partial charge is 0.321 e. The molecule has 0 saturated carbocycles. The quantitative estimate of drug-likeness (QED) is 0.858. The molecule has 0 aromatic heterocycles. The van der Waals surface area contributed by atoms with Crippen LogP contribution >= 0.6 is 0 Å². The lowest BCUT2D eigenvalue weighted by molar-refractivity contribution is 0.208. The van der Waals surface area contributed by atoms with Gasteiger partial charge in [-0.05, 0) is 47.4 Å². The maximum atomic E-state index is 12.6. The zero-order chi connectivity index (χ0) is 20.3. The van der Waals surface area contributed by atoms with E-state index in [1.54, 1.807) is 0 Å². The number of nitrogens with one attached hydrogen (secondary N) is 1. The normalized spacial score (nSPS) is 14.8. The van der Waals surface area contributed by atoms with E-state index in [4.69, 9.17) is 0 Å². The van der Waals surface area contributed by atoms with E-state index in [2.05, 4.69) is 72.3 Å². The first-order valence-electron chi connectivity index (χ1n) is 9.93. The molecule has 2 aromatic rings. The van der Waals surface area contributed by atoms with Gasteiger partial charge in [-0.2, -0.15) is 0 Å². The number of hydrogen-bond donors (Lipinski definition) is 1. The highest BCUT2D eigenvalue weighted by Crippen LogP contribution is 2.24. The van der Waals surface area contributed by atoms with Crippen molar-refractivity contribution in [3.8, 4) is 0 Å². The van der Waals surface area contributed by atoms with Gasteiger partial charge in [0.05, 0.1) is 0 Å². The molecule has 0 spiro atoms. The SMILES string of the molecule is CN(C)c1ccc(N2CCN(C(=O)Nc3ccc(C(C)(C)C)cc3)CC2)cc1. The lowest BCUT2D eigenvalue weighted by Crippen LogP contribution is -2.50. The molecule has 3 rings (SSSR count). The van der Waals surface area contributed by atoms with Crippen LogP contribution in [-0.4, -0.2) is 51.2 Å². The number of piperazine rings is 1. The molecule has 1 fully saturated rings. The minimum absolute atomic E-state index is 0.0221. The van der Waals surface area contributed by atoms with E-state index in [0.29, 0.717) is 0 Å². The molecule has 0 bridgehead atoms. The maximum absolute atomic E-state index is 12.6. The molecule has 0 radical (unpaired) electrons. The summed E-state index contributed by atoms with van der Waals surface area (Å²) in [4.78, 5) is 18.9. The summed E-state index contributed by atoms with van der Waals surface area (Å²) in [5, 5.41) is 3.03. The van der Waals surface area contributed by atoms with Crippen molar-refractivity contribution in [2.75, 3.05) is 55.4 Å². The number of amides is 2. The molecule has 28 heavy (non-hydrogen) atoms. The van der Waals surface area contributed by atoms with Crippen molar-refractivity contribution in [1.82, 2.24) is 4.90 Å². The lowest BCUT2D eigenvalue weighted by atomic mass is 9.87. The maximum Gasteiger partial charge on any atom is 0.321 e. The first-order valence-corrected chi connectivity index (χ1v) is 9.93. The lowest BCUT2D eigenvalue weighted by Gasteiger charge is -2.36. The fourth-order valence-electron chi connectivity index (χ4n) is 3.39. The van der Waals surface area contributed by atoms with Gasteiger partial charge in [-0.3, -0.25) is 0 Å². The van der Waals surface area contributed by atoms with E-state index in [1.165, 1.54) is 16.9 Å². The predicted octanol–water partition coefficient (Wildman–Crippen LogP) is 4.40. The molecule has 1 N–H and O–H groups in total. The third kappa shape index (κ3) is 4.77. The second-order valence-electron chi connectivity index (χ2n) is 8.64. The second kappa shape index (κ2) is 8.13. The molecule has 1 heterocycles. The molecule has 2 aromatic carbocycles. The third-order valence-electron chi connectivity index (χ3n) is 5.30. The molecule has 0 unspecified atom stereocenters. The van der Waals surface area contributed by atoms with E-state index in [1.807, 2.05) is 31.1 Å². The molecule has 150 valence electrons. The Morgan fingerprint density at radius 3 is 1.96 bits per heavy atom. The van der Waals surface area contributed by atoms with Gasteiger partial charge in [0, 0.05) is 57.3 Å². The zero-order valence-electron chi connectivity index (χ0n) is 17.7. The number of anilines is 3. The Morgan fingerprint density at radius 1 is 0.893 bits per heavy atom. The Bertz CT molecular complexity index is 783. The van der Waals surface area contributed by atoms with Crippen LogP contribution in [0.5, 0.6) is 0 Å². The van der Waals surface area contributed by atoms with Crippen LogP contribution in [-0.2, 0) is 5.41 Å². The van der Waals surface area contributed by atoms with Crippen LogP contribution in [0.3, 0.4) is 0 Å². The van der Waals surface area contributed by atoms with Crippen molar-refractivity contribution in [2.24, 2.45) is 0 Å². The Hall–Kier alpha value is -2.69. The van der Waals surface area contributed by atoms with Crippen molar-refractivity contribution < 1.29 is 4.79 Å². The van der Waals surface area contributed by atoms with Gasteiger partial charge in [-0.1, -0.05) is 32.9 Å². The number of carbonyl (C=O) groups excluding carboxylic acids is 1. The molecule has 0 aliphatic carbocycles. The standard InChI is InChI=1S/C23H32N4O/c1-23(2,3)18-6-8-19(9-7-18)24-22(28)27-16-14-26(15-17-27)21-12-10-20(11-13-21)25(4)5/h6-13H,14-17H2,1-5H3,(H,24,28). The topological polar surface area (TPSA) is 38.8 Å². The van der Waals surface area contributed by atoms with Crippen molar-refractivity contribution in [1.29, 1.82) is 0 Å². The second-order valence-corrected chi connectivity index (χ2v) is 8.64. The summed E-state index contributed by atoms with van der Waals surface area (Å²) in [6.07, 6.45) is 0. The molecule has 1 aliphatic heterocycles. The first kappa shape index (κ1) is 20.1. The largest absolute Gasteiger partial charge is 0.378 e. The summed E-state index contributed by atoms with van der Waals surface area (Å²) < 4.78 is 0. The Labute approximate surface area is 168 Å². The van der Waals surface area contributed by atoms with Gasteiger partial charge in [0.1, 0.15) is 0 Å². The summed E-state index contributed by atoms with van der Waals surface area (Å²) in [6, 6.07) is 16.7. The summed E-state index contributed by atoms with van der Waals surface area (Å²) in [5.74, 6) is 0. The fraction of sp³-hybridized carbons (Fsp3) is 0.435. The van der Waals surface area contributed by atoms with Crippen LogP contribution < -0.4 is 15.1 Å². The monoisotopic (exact) mass is 380 g/mol.